The molecular weight excluding hydrogens is 1150 g/mol. The van der Waals surface area contributed by atoms with E-state index in [-0.39, 0.29) is 59.2 Å². The fourth-order valence-electron chi connectivity index (χ4n) is 11.7. The number of pyridine rings is 2. The van der Waals surface area contributed by atoms with E-state index in [4.69, 9.17) is 43.6 Å². The maximum atomic E-state index is 13.0. The number of hydrogen-bond acceptors (Lipinski definition) is 7. The number of aryl methyl sites for hydroxylation is 4. The summed E-state index contributed by atoms with van der Waals surface area (Å²) in [5, 5.41) is 1.49. The predicted octanol–water partition coefficient (Wildman–Crippen LogP) is 11.2. The monoisotopic (exact) mass is 1200 g/mol. The van der Waals surface area contributed by atoms with E-state index in [0.717, 1.165) is 117 Å². The Bertz CT molecular complexity index is 2590. The number of methoxy groups -OCH3 is 1. The van der Waals surface area contributed by atoms with Gasteiger partial charge in [-0.3, -0.25) is 29.1 Å². The lowest BCUT2D eigenvalue weighted by Crippen LogP contribution is -2.48. The van der Waals surface area contributed by atoms with Crippen LogP contribution in [0.3, 0.4) is 0 Å². The van der Waals surface area contributed by atoms with Crippen molar-refractivity contribution in [3.05, 3.63) is 121 Å². The number of carbonyl (C=O) groups excluding carboxylic acids is 4. The van der Waals surface area contributed by atoms with Crippen LogP contribution in [0.1, 0.15) is 108 Å². The molecule has 2 aromatic carbocycles. The number of aromatic nitrogens is 2. The summed E-state index contributed by atoms with van der Waals surface area (Å²) < 4.78 is 8.89. The lowest BCUT2D eigenvalue weighted by Gasteiger charge is -2.41. The van der Waals surface area contributed by atoms with E-state index in [1.807, 2.05) is 34.3 Å². The Morgan fingerprint density at radius 1 is 0.582 bits per heavy atom. The fraction of sp³-hybridized carbons (Fsp3) is 0.490. The van der Waals surface area contributed by atoms with Crippen LogP contribution in [0.5, 0.6) is 0 Å². The quantitative estimate of drug-likeness (QED) is 0.190. The summed E-state index contributed by atoms with van der Waals surface area (Å²) in [5.74, 6) is 0.642. The number of rotatable bonds is 6. The first-order chi connectivity index (χ1) is 32.2. The van der Waals surface area contributed by atoms with Gasteiger partial charge in [-0.15, -0.1) is 0 Å². The first kappa shape index (κ1) is 49.1. The van der Waals surface area contributed by atoms with E-state index in [2.05, 4.69) is 88.0 Å². The molecule has 2 saturated carbocycles. The second kappa shape index (κ2) is 20.8. The largest absolute Gasteiger partial charge is 0.469 e. The second-order valence-corrected chi connectivity index (χ2v) is 23.7. The number of esters is 1. The molecule has 2 aliphatic heterocycles. The van der Waals surface area contributed by atoms with Gasteiger partial charge in [0.15, 0.2) is 0 Å². The van der Waals surface area contributed by atoms with Gasteiger partial charge in [-0.2, -0.15) is 0 Å². The smallest absolute Gasteiger partial charge is 0.308 e. The predicted molar refractivity (Wildman–Crippen MR) is 273 cm³/mol. The fourth-order valence-corrected chi connectivity index (χ4v) is 14.7. The number of likely N-dealkylation sites (tertiary alicyclic amines) is 2. The van der Waals surface area contributed by atoms with Crippen LogP contribution in [0, 0.1) is 35.5 Å². The highest BCUT2D eigenvalue weighted by Crippen LogP contribution is 2.49. The van der Waals surface area contributed by atoms with Gasteiger partial charge in [0.05, 0.1) is 24.4 Å². The number of carbonyl (C=O) groups is 4. The van der Waals surface area contributed by atoms with Gasteiger partial charge in [-0.05, 0) is 191 Å². The molecule has 2 atom stereocenters. The van der Waals surface area contributed by atoms with E-state index in [0.29, 0.717) is 37.5 Å². The number of benzene rings is 2. The van der Waals surface area contributed by atoms with Crippen LogP contribution in [0.15, 0.2) is 66.7 Å². The summed E-state index contributed by atoms with van der Waals surface area (Å²) in [6, 6.07) is 12.6. The molecule has 67 heavy (non-hydrogen) atoms. The molecule has 4 aromatic rings. The van der Waals surface area contributed by atoms with Crippen molar-refractivity contribution in [3.8, 4) is 0 Å². The van der Waals surface area contributed by atoms with Gasteiger partial charge in [-0.25, -0.2) is 0 Å². The van der Waals surface area contributed by atoms with Gasteiger partial charge < -0.3 is 20.3 Å². The number of fused-ring (bicyclic) bond motifs is 4. The molecule has 2 N–H and O–H groups in total. The highest BCUT2D eigenvalue weighted by Gasteiger charge is 2.44. The van der Waals surface area contributed by atoms with Crippen molar-refractivity contribution < 1.29 is 23.9 Å². The van der Waals surface area contributed by atoms with Crippen LogP contribution in [0.4, 0.5) is 0 Å². The molecule has 0 radical (unpaired) electrons. The van der Waals surface area contributed by atoms with Gasteiger partial charge in [0.25, 0.3) is 0 Å². The van der Waals surface area contributed by atoms with Crippen molar-refractivity contribution in [2.45, 2.75) is 88.9 Å². The molecular formula is C51H53Br4Cl2N5O5. The molecule has 0 spiro atoms. The van der Waals surface area contributed by atoms with E-state index in [1.54, 1.807) is 0 Å². The summed E-state index contributed by atoms with van der Waals surface area (Å²) in [6.07, 6.45) is 13.6. The highest BCUT2D eigenvalue weighted by atomic mass is 79.9. The molecule has 10 nitrogen and oxygen atoms in total. The zero-order chi connectivity index (χ0) is 47.3. The molecule has 3 amide bonds. The van der Waals surface area contributed by atoms with Crippen LogP contribution in [0.25, 0.3) is 0 Å². The number of halogens is 6. The van der Waals surface area contributed by atoms with Crippen molar-refractivity contribution in [1.82, 2.24) is 19.8 Å². The molecule has 2 aromatic heterocycles. The lowest BCUT2D eigenvalue weighted by molar-refractivity contribution is -0.154. The molecule has 16 heteroatoms. The maximum absolute atomic E-state index is 13.0. The molecule has 0 unspecified atom stereocenters. The molecule has 10 rings (SSSR count). The minimum atomic E-state index is -0.284. The Morgan fingerprint density at radius 3 is 1.36 bits per heavy atom. The molecule has 4 fully saturated rings. The van der Waals surface area contributed by atoms with Crippen molar-refractivity contribution in [3.63, 3.8) is 0 Å². The van der Waals surface area contributed by atoms with Gasteiger partial charge in [0.2, 0.25) is 17.7 Å². The molecule has 2 saturated heterocycles. The second-order valence-electron chi connectivity index (χ2n) is 19.3. The van der Waals surface area contributed by atoms with Crippen molar-refractivity contribution in [2.75, 3.05) is 33.3 Å². The van der Waals surface area contributed by atoms with Gasteiger partial charge in [0.1, 0.15) is 0 Å². The Morgan fingerprint density at radius 2 is 0.970 bits per heavy atom. The first-order valence-corrected chi connectivity index (χ1v) is 27.3. The van der Waals surface area contributed by atoms with E-state index in [1.165, 1.54) is 40.5 Å². The maximum Gasteiger partial charge on any atom is 0.308 e. The summed E-state index contributed by atoms with van der Waals surface area (Å²) in [5.41, 5.74) is 15.4. The third-order valence-electron chi connectivity index (χ3n) is 15.4. The van der Waals surface area contributed by atoms with Crippen molar-refractivity contribution in [2.24, 2.45) is 41.2 Å². The zero-order valence-corrected chi connectivity index (χ0v) is 45.1. The number of amides is 3. The van der Waals surface area contributed by atoms with Gasteiger partial charge in [-0.1, -0.05) is 55.1 Å². The van der Waals surface area contributed by atoms with Crippen LogP contribution < -0.4 is 5.73 Å². The van der Waals surface area contributed by atoms with Crippen LogP contribution in [0.2, 0.25) is 10.0 Å². The van der Waals surface area contributed by atoms with Crippen LogP contribution in [-0.2, 0) is 49.6 Å². The average Bonchev–Trinajstić information content (AvgIpc) is 3.53. The Hall–Kier alpha value is -2.88. The van der Waals surface area contributed by atoms with Crippen molar-refractivity contribution in [1.29, 1.82) is 0 Å². The summed E-state index contributed by atoms with van der Waals surface area (Å²) in [7, 11) is 1.41. The minimum Gasteiger partial charge on any atom is -0.469 e. The van der Waals surface area contributed by atoms with Crippen molar-refractivity contribution >= 4 is 111 Å². The first-order valence-electron chi connectivity index (χ1n) is 23.4. The third-order valence-corrected chi connectivity index (χ3v) is 18.0. The molecule has 4 heterocycles. The Kier molecular flexibility index (Phi) is 15.3. The molecule has 4 aliphatic carbocycles. The van der Waals surface area contributed by atoms with E-state index in [9.17, 15) is 19.2 Å². The van der Waals surface area contributed by atoms with E-state index >= 15 is 0 Å². The molecule has 0 bridgehead atoms. The zero-order valence-electron chi connectivity index (χ0n) is 37.2. The number of primary amides is 1. The number of hydrogen-bond donors (Lipinski definition) is 1. The number of piperidine rings is 2. The van der Waals surface area contributed by atoms with E-state index < -0.39 is 0 Å². The number of nitrogens with zero attached hydrogens (tertiary/aromatic N) is 4. The Labute approximate surface area is 435 Å². The number of nitrogens with two attached hydrogens (primary N) is 1. The topological polar surface area (TPSA) is 136 Å². The summed E-state index contributed by atoms with van der Waals surface area (Å²) in [4.78, 5) is 62.8. The minimum absolute atomic E-state index is 0.0460. The SMILES string of the molecule is COC(=O)C1CC(C(=O)N2CCC([C@H]3c4ncc(Br)cc4CCc4cc(Cl)cc(Br)c43)CC2)C1.NC(=O)C1CC(C(=O)N2CCC([C@H]3c4ncc(Br)cc4CCc4cc(Cl)cc(Br)c43)CC2)C1. The average molecular weight is 1210 g/mol. The summed E-state index contributed by atoms with van der Waals surface area (Å²) >= 11 is 27.6. The van der Waals surface area contributed by atoms with Gasteiger partial charge in [0, 0.05) is 96.1 Å². The summed E-state index contributed by atoms with van der Waals surface area (Å²) in [6.45, 7) is 2.96. The van der Waals surface area contributed by atoms with Gasteiger partial charge >= 0.3 is 5.97 Å². The van der Waals surface area contributed by atoms with Crippen LogP contribution in [-0.4, -0.2) is 76.7 Å². The lowest BCUT2D eigenvalue weighted by atomic mass is 9.73. The van der Waals surface area contributed by atoms with Crippen LogP contribution >= 0.6 is 86.9 Å². The normalized spacial score (nSPS) is 24.7. The highest BCUT2D eigenvalue weighted by molar-refractivity contribution is 9.11. The Balaban J connectivity index is 0.000000168. The standard InChI is InChI=1S/C26H27Br2ClN2O3.C25H26Br2ClN3O2/c1-34-26(33)18-8-17(9-18)25(32)31-6-4-14(5-7-31)23-22-15(11-20(29)12-21(22)28)2-3-16-10-19(27)13-30-24(16)23;26-18-9-15-2-1-14-10-19(28)11-20(27)21(14)22(23(15)30-12-18)13-3-5-31(6-4-13)25(33)17-7-16(8-17)24(29)32/h10-14,17-18,23H,2-9H2,1H3;9-13,16-17,22H,1-8H2,(H2,29,32)/t17?,18?,23-;16?,17?,22-/m11/s1. The molecule has 354 valence electrons. The third kappa shape index (κ3) is 10.3. The number of ether oxygens (including phenoxy) is 1. The molecule has 6 aliphatic rings.